The van der Waals surface area contributed by atoms with Crippen LogP contribution in [0.25, 0.3) is 0 Å². The Morgan fingerprint density at radius 2 is 2.43 bits per heavy atom. The molecule has 0 aliphatic carbocycles. The number of hydrogen-bond donors (Lipinski definition) is 1. The fourth-order valence-electron chi connectivity index (χ4n) is 1.48. The van der Waals surface area contributed by atoms with Crippen LogP contribution in [-0.2, 0) is 11.8 Å². The molecule has 1 aromatic heterocycles. The Labute approximate surface area is 83.6 Å². The number of nitrogens with zero attached hydrogens (tertiary/aromatic N) is 2. The summed E-state index contributed by atoms with van der Waals surface area (Å²) in [5, 5.41) is 9.04. The van der Waals surface area contributed by atoms with Crippen LogP contribution in [0.2, 0.25) is 0 Å². The topological polar surface area (TPSA) is 55.1 Å². The van der Waals surface area contributed by atoms with Gasteiger partial charge in [0.1, 0.15) is 11.7 Å². The third kappa shape index (κ3) is 2.34. The number of aryl methyl sites for hydroxylation is 1. The molecule has 1 N–H and O–H groups in total. The van der Waals surface area contributed by atoms with Gasteiger partial charge in [0.05, 0.1) is 0 Å². The first-order valence-corrected chi connectivity index (χ1v) is 4.86. The maximum atomic E-state index is 11.0. The molecular formula is C10H16N2O2. The summed E-state index contributed by atoms with van der Waals surface area (Å²) in [4.78, 5) is 15.1. The van der Waals surface area contributed by atoms with E-state index in [1.165, 1.54) is 0 Å². The number of carboxylic acids is 1. The first kappa shape index (κ1) is 10.8. The summed E-state index contributed by atoms with van der Waals surface area (Å²) in [6.07, 6.45) is 6.00. The van der Waals surface area contributed by atoms with E-state index in [0.29, 0.717) is 12.2 Å². The lowest BCUT2D eigenvalue weighted by atomic mass is 10.0. The number of aliphatic carboxylic acids is 1. The van der Waals surface area contributed by atoms with Gasteiger partial charge in [0.2, 0.25) is 0 Å². The molecule has 1 heterocycles. The smallest absolute Gasteiger partial charge is 0.314 e. The molecule has 1 unspecified atom stereocenters. The van der Waals surface area contributed by atoms with Crippen LogP contribution in [0.4, 0.5) is 0 Å². The molecule has 0 fully saturated rings. The van der Waals surface area contributed by atoms with Gasteiger partial charge in [-0.25, -0.2) is 4.98 Å². The van der Waals surface area contributed by atoms with Gasteiger partial charge in [-0.15, -0.1) is 0 Å². The molecule has 14 heavy (non-hydrogen) atoms. The molecule has 1 aromatic rings. The summed E-state index contributed by atoms with van der Waals surface area (Å²) < 4.78 is 1.77. The summed E-state index contributed by atoms with van der Waals surface area (Å²) in [5.41, 5.74) is 0. The van der Waals surface area contributed by atoms with Crippen molar-refractivity contribution in [2.75, 3.05) is 0 Å². The zero-order valence-corrected chi connectivity index (χ0v) is 8.60. The summed E-state index contributed by atoms with van der Waals surface area (Å²) >= 11 is 0. The van der Waals surface area contributed by atoms with Crippen LogP contribution in [0.1, 0.15) is 37.9 Å². The quantitative estimate of drug-likeness (QED) is 0.781. The molecule has 0 aromatic carbocycles. The average molecular weight is 196 g/mol. The number of imidazole rings is 1. The molecule has 4 nitrogen and oxygen atoms in total. The van der Waals surface area contributed by atoms with Crippen LogP contribution in [-0.4, -0.2) is 20.6 Å². The molecule has 0 amide bonds. The van der Waals surface area contributed by atoms with Crippen LogP contribution < -0.4 is 0 Å². The Balaban J connectivity index is 2.78. The number of hydrogen-bond acceptors (Lipinski definition) is 2. The van der Waals surface area contributed by atoms with Crippen LogP contribution in [0.3, 0.4) is 0 Å². The summed E-state index contributed by atoms with van der Waals surface area (Å²) in [7, 11) is 1.82. The predicted molar refractivity (Wildman–Crippen MR) is 53.1 cm³/mol. The molecule has 0 saturated carbocycles. The fraction of sp³-hybridized carbons (Fsp3) is 0.600. The van der Waals surface area contributed by atoms with E-state index in [0.717, 1.165) is 12.8 Å². The molecule has 4 heteroatoms. The molecule has 1 rings (SSSR count). The Morgan fingerprint density at radius 1 is 1.71 bits per heavy atom. The van der Waals surface area contributed by atoms with Crippen LogP contribution in [0.15, 0.2) is 12.4 Å². The molecule has 0 saturated heterocycles. The van der Waals surface area contributed by atoms with Gasteiger partial charge < -0.3 is 9.67 Å². The molecule has 78 valence electrons. The number of aromatic nitrogens is 2. The minimum absolute atomic E-state index is 0.463. The Bertz CT molecular complexity index is 307. The van der Waals surface area contributed by atoms with Gasteiger partial charge in [-0.1, -0.05) is 19.8 Å². The van der Waals surface area contributed by atoms with E-state index < -0.39 is 11.9 Å². The first-order valence-electron chi connectivity index (χ1n) is 4.86. The predicted octanol–water partition coefficient (Wildman–Crippen LogP) is 1.78. The number of carboxylic acid groups (broad SMARTS) is 1. The van der Waals surface area contributed by atoms with Crippen molar-refractivity contribution in [3.8, 4) is 0 Å². The highest BCUT2D eigenvalue weighted by Crippen LogP contribution is 2.20. The van der Waals surface area contributed by atoms with Crippen LogP contribution >= 0.6 is 0 Å². The van der Waals surface area contributed by atoms with Gasteiger partial charge in [-0.3, -0.25) is 4.79 Å². The van der Waals surface area contributed by atoms with Crippen molar-refractivity contribution in [1.82, 2.24) is 9.55 Å². The zero-order valence-electron chi connectivity index (χ0n) is 8.60. The van der Waals surface area contributed by atoms with Gasteiger partial charge in [0.15, 0.2) is 0 Å². The molecular weight excluding hydrogens is 180 g/mol. The van der Waals surface area contributed by atoms with Crippen molar-refractivity contribution in [3.05, 3.63) is 18.2 Å². The van der Waals surface area contributed by atoms with E-state index in [-0.39, 0.29) is 0 Å². The van der Waals surface area contributed by atoms with Crippen molar-refractivity contribution in [2.24, 2.45) is 7.05 Å². The molecule has 0 bridgehead atoms. The van der Waals surface area contributed by atoms with E-state index in [4.69, 9.17) is 5.11 Å². The standard InChI is InChI=1S/C10H16N2O2/c1-3-4-5-8(10(13)14)9-11-6-7-12(9)2/h6-8H,3-5H2,1-2H3,(H,13,14). The molecule has 0 radical (unpaired) electrons. The van der Waals surface area contributed by atoms with Gasteiger partial charge in [-0.05, 0) is 6.42 Å². The van der Waals surface area contributed by atoms with Crippen LogP contribution in [0, 0.1) is 0 Å². The maximum Gasteiger partial charge on any atom is 0.314 e. The maximum absolute atomic E-state index is 11.0. The molecule has 0 aliphatic rings. The highest BCUT2D eigenvalue weighted by molar-refractivity contribution is 5.74. The van der Waals surface area contributed by atoms with Gasteiger partial charge in [0.25, 0.3) is 0 Å². The monoisotopic (exact) mass is 196 g/mol. The number of unbranched alkanes of at least 4 members (excludes halogenated alkanes) is 1. The fourth-order valence-corrected chi connectivity index (χ4v) is 1.48. The van der Waals surface area contributed by atoms with E-state index in [9.17, 15) is 4.79 Å². The lowest BCUT2D eigenvalue weighted by Gasteiger charge is -2.11. The average Bonchev–Trinajstić information content (AvgIpc) is 2.52. The minimum atomic E-state index is -0.784. The zero-order chi connectivity index (χ0) is 10.6. The lowest BCUT2D eigenvalue weighted by Crippen LogP contribution is -2.15. The first-order chi connectivity index (χ1) is 6.66. The number of carbonyl (C=O) groups is 1. The second-order valence-corrected chi connectivity index (χ2v) is 3.43. The Hall–Kier alpha value is -1.32. The van der Waals surface area contributed by atoms with Crippen molar-refractivity contribution in [1.29, 1.82) is 0 Å². The molecule has 0 spiro atoms. The van der Waals surface area contributed by atoms with Crippen molar-refractivity contribution in [2.45, 2.75) is 32.1 Å². The SMILES string of the molecule is CCCCC(C(=O)O)c1nccn1C. The van der Waals surface area contributed by atoms with E-state index in [2.05, 4.69) is 11.9 Å². The van der Waals surface area contributed by atoms with E-state index in [1.54, 1.807) is 17.0 Å². The summed E-state index contributed by atoms with van der Waals surface area (Å²) in [6, 6.07) is 0. The highest BCUT2D eigenvalue weighted by Gasteiger charge is 2.22. The molecule has 1 atom stereocenters. The molecule has 0 aliphatic heterocycles. The third-order valence-corrected chi connectivity index (χ3v) is 2.31. The largest absolute Gasteiger partial charge is 0.481 e. The lowest BCUT2D eigenvalue weighted by molar-refractivity contribution is -0.139. The van der Waals surface area contributed by atoms with Crippen LogP contribution in [0.5, 0.6) is 0 Å². The van der Waals surface area contributed by atoms with E-state index in [1.807, 2.05) is 7.05 Å². The summed E-state index contributed by atoms with van der Waals surface area (Å²) in [5.74, 6) is -0.603. The second-order valence-electron chi connectivity index (χ2n) is 3.43. The van der Waals surface area contributed by atoms with Crippen molar-refractivity contribution >= 4 is 5.97 Å². The number of rotatable bonds is 5. The third-order valence-electron chi connectivity index (χ3n) is 2.31. The minimum Gasteiger partial charge on any atom is -0.481 e. The second kappa shape index (κ2) is 4.79. The highest BCUT2D eigenvalue weighted by atomic mass is 16.4. The van der Waals surface area contributed by atoms with Gasteiger partial charge >= 0.3 is 5.97 Å². The Kier molecular flexibility index (Phi) is 3.68. The Morgan fingerprint density at radius 3 is 2.86 bits per heavy atom. The van der Waals surface area contributed by atoms with Gasteiger partial charge in [-0.2, -0.15) is 0 Å². The normalized spacial score (nSPS) is 12.7. The van der Waals surface area contributed by atoms with Crippen molar-refractivity contribution in [3.63, 3.8) is 0 Å². The summed E-state index contributed by atoms with van der Waals surface area (Å²) in [6.45, 7) is 2.05. The van der Waals surface area contributed by atoms with E-state index >= 15 is 0 Å². The van der Waals surface area contributed by atoms with Gasteiger partial charge in [0, 0.05) is 19.4 Å². The van der Waals surface area contributed by atoms with Crippen molar-refractivity contribution < 1.29 is 9.90 Å².